The van der Waals surface area contributed by atoms with Gasteiger partial charge in [0.05, 0.1) is 11.7 Å². The lowest BCUT2D eigenvalue weighted by atomic mass is 10.1. The maximum atomic E-state index is 8.83. The van der Waals surface area contributed by atoms with E-state index in [1.165, 1.54) is 25.1 Å². The van der Waals surface area contributed by atoms with E-state index in [4.69, 9.17) is 5.11 Å². The Labute approximate surface area is 103 Å². The minimum atomic E-state index is 0.307. The van der Waals surface area contributed by atoms with Gasteiger partial charge in [0.2, 0.25) is 0 Å². The van der Waals surface area contributed by atoms with Crippen LogP contribution in [0.3, 0.4) is 0 Å². The van der Waals surface area contributed by atoms with E-state index in [1.54, 1.807) is 0 Å². The number of hydrogen-bond donors (Lipinski definition) is 1. The quantitative estimate of drug-likeness (QED) is 0.794. The predicted molar refractivity (Wildman–Crippen MR) is 68.8 cm³/mol. The highest BCUT2D eigenvalue weighted by molar-refractivity contribution is 5.14. The van der Waals surface area contributed by atoms with Crippen LogP contribution in [0.4, 0.5) is 0 Å². The number of aliphatic hydroxyl groups excluding tert-OH is 1. The Bertz CT molecular complexity index is 354. The monoisotopic (exact) mass is 234 g/mol. The number of rotatable bonds is 5. The molecule has 0 aliphatic carbocycles. The lowest BCUT2D eigenvalue weighted by Gasteiger charge is -2.24. The van der Waals surface area contributed by atoms with E-state index in [0.29, 0.717) is 12.6 Å². The number of nitrogens with zero attached hydrogens (tertiary/aromatic N) is 2. The van der Waals surface area contributed by atoms with Gasteiger partial charge in [0.1, 0.15) is 0 Å². The third kappa shape index (κ3) is 3.27. The van der Waals surface area contributed by atoms with E-state index in [9.17, 15) is 0 Å². The summed E-state index contributed by atoms with van der Waals surface area (Å²) in [4.78, 5) is 7.15. The minimum absolute atomic E-state index is 0.307. The SMILES string of the molecule is Cc1cccc(C2CCCN2CCCCO)n1. The Balaban J connectivity index is 1.99. The summed E-state index contributed by atoms with van der Waals surface area (Å²) in [6, 6.07) is 6.78. The van der Waals surface area contributed by atoms with Gasteiger partial charge in [-0.25, -0.2) is 0 Å². The molecule has 1 atom stereocenters. The van der Waals surface area contributed by atoms with Gasteiger partial charge in [-0.2, -0.15) is 0 Å². The fraction of sp³-hybridized carbons (Fsp3) is 0.643. The number of aliphatic hydroxyl groups is 1. The van der Waals surface area contributed by atoms with Crippen molar-refractivity contribution in [2.24, 2.45) is 0 Å². The van der Waals surface area contributed by atoms with Gasteiger partial charge in [-0.05, 0) is 57.8 Å². The van der Waals surface area contributed by atoms with Gasteiger partial charge in [-0.1, -0.05) is 6.07 Å². The largest absolute Gasteiger partial charge is 0.396 e. The van der Waals surface area contributed by atoms with Crippen molar-refractivity contribution in [2.45, 2.75) is 38.6 Å². The topological polar surface area (TPSA) is 36.4 Å². The Kier molecular flexibility index (Phi) is 4.51. The molecule has 1 unspecified atom stereocenters. The highest BCUT2D eigenvalue weighted by Crippen LogP contribution is 2.30. The van der Waals surface area contributed by atoms with Gasteiger partial charge in [0.25, 0.3) is 0 Å². The minimum Gasteiger partial charge on any atom is -0.396 e. The molecule has 0 saturated carbocycles. The zero-order chi connectivity index (χ0) is 12.1. The molecule has 3 nitrogen and oxygen atoms in total. The van der Waals surface area contributed by atoms with Crippen molar-refractivity contribution in [3.05, 3.63) is 29.6 Å². The van der Waals surface area contributed by atoms with Crippen LogP contribution in [0.5, 0.6) is 0 Å². The normalized spacial score (nSPS) is 20.9. The second kappa shape index (κ2) is 6.12. The number of likely N-dealkylation sites (tertiary alicyclic amines) is 1. The molecule has 1 aromatic rings. The average Bonchev–Trinajstić information content (AvgIpc) is 2.78. The Morgan fingerprint density at radius 1 is 1.41 bits per heavy atom. The summed E-state index contributed by atoms with van der Waals surface area (Å²) in [5.74, 6) is 0. The van der Waals surface area contributed by atoms with Gasteiger partial charge in [0, 0.05) is 12.3 Å². The predicted octanol–water partition coefficient (Wildman–Crippen LogP) is 2.30. The second-order valence-corrected chi connectivity index (χ2v) is 4.83. The summed E-state index contributed by atoms with van der Waals surface area (Å²) in [6.07, 6.45) is 4.47. The van der Waals surface area contributed by atoms with Gasteiger partial charge in [0.15, 0.2) is 0 Å². The molecule has 1 saturated heterocycles. The summed E-state index contributed by atoms with van der Waals surface area (Å²) in [5.41, 5.74) is 2.32. The van der Waals surface area contributed by atoms with Crippen molar-refractivity contribution < 1.29 is 5.11 Å². The molecule has 2 rings (SSSR count). The molecule has 17 heavy (non-hydrogen) atoms. The fourth-order valence-electron chi connectivity index (χ4n) is 2.61. The number of aryl methyl sites for hydroxylation is 1. The van der Waals surface area contributed by atoms with Crippen molar-refractivity contribution in [1.29, 1.82) is 0 Å². The molecule has 1 aliphatic heterocycles. The summed E-state index contributed by atoms with van der Waals surface area (Å²) < 4.78 is 0. The Hall–Kier alpha value is -0.930. The van der Waals surface area contributed by atoms with Gasteiger partial charge >= 0.3 is 0 Å². The smallest absolute Gasteiger partial charge is 0.0578 e. The molecule has 0 bridgehead atoms. The summed E-state index contributed by atoms with van der Waals surface area (Å²) in [5, 5.41) is 8.83. The third-order valence-electron chi connectivity index (χ3n) is 3.47. The number of unbranched alkanes of at least 4 members (excludes halogenated alkanes) is 1. The van der Waals surface area contributed by atoms with Crippen molar-refractivity contribution in [3.63, 3.8) is 0 Å². The van der Waals surface area contributed by atoms with E-state index in [0.717, 1.165) is 25.1 Å². The van der Waals surface area contributed by atoms with Crippen molar-refractivity contribution in [3.8, 4) is 0 Å². The van der Waals surface area contributed by atoms with Crippen LogP contribution in [-0.4, -0.2) is 34.7 Å². The lowest BCUT2D eigenvalue weighted by Crippen LogP contribution is -2.25. The van der Waals surface area contributed by atoms with E-state index in [2.05, 4.69) is 35.0 Å². The molecule has 1 fully saturated rings. The standard InChI is InChI=1S/C14H22N2O/c1-12-6-4-7-13(15-12)14-8-5-10-16(14)9-2-3-11-17/h4,6-7,14,17H,2-3,5,8-11H2,1H3. The lowest BCUT2D eigenvalue weighted by molar-refractivity contribution is 0.228. The van der Waals surface area contributed by atoms with Crippen molar-refractivity contribution >= 4 is 0 Å². The molecule has 0 amide bonds. The van der Waals surface area contributed by atoms with Crippen LogP contribution in [0.1, 0.15) is 43.1 Å². The first-order chi connectivity index (χ1) is 8.31. The molecule has 94 valence electrons. The molecule has 2 heterocycles. The van der Waals surface area contributed by atoms with E-state index >= 15 is 0 Å². The molecular formula is C14H22N2O. The zero-order valence-electron chi connectivity index (χ0n) is 10.6. The second-order valence-electron chi connectivity index (χ2n) is 4.83. The maximum Gasteiger partial charge on any atom is 0.0578 e. The molecule has 3 heteroatoms. The fourth-order valence-corrected chi connectivity index (χ4v) is 2.61. The first-order valence-electron chi connectivity index (χ1n) is 6.60. The van der Waals surface area contributed by atoms with Crippen LogP contribution in [0.15, 0.2) is 18.2 Å². The van der Waals surface area contributed by atoms with Crippen LogP contribution >= 0.6 is 0 Å². The maximum absolute atomic E-state index is 8.83. The average molecular weight is 234 g/mol. The van der Waals surface area contributed by atoms with E-state index in [1.807, 2.05) is 0 Å². The number of hydrogen-bond acceptors (Lipinski definition) is 3. The van der Waals surface area contributed by atoms with Gasteiger partial charge < -0.3 is 5.11 Å². The van der Waals surface area contributed by atoms with Gasteiger partial charge in [-0.15, -0.1) is 0 Å². The molecule has 1 aromatic heterocycles. The van der Waals surface area contributed by atoms with Crippen LogP contribution in [0.2, 0.25) is 0 Å². The summed E-state index contributed by atoms with van der Waals surface area (Å²) >= 11 is 0. The van der Waals surface area contributed by atoms with E-state index < -0.39 is 0 Å². The summed E-state index contributed by atoms with van der Waals surface area (Å²) in [7, 11) is 0. The van der Waals surface area contributed by atoms with Crippen molar-refractivity contribution in [2.75, 3.05) is 19.7 Å². The molecule has 0 spiro atoms. The van der Waals surface area contributed by atoms with Crippen LogP contribution in [0, 0.1) is 6.92 Å². The first-order valence-corrected chi connectivity index (χ1v) is 6.60. The highest BCUT2D eigenvalue weighted by Gasteiger charge is 2.26. The Morgan fingerprint density at radius 3 is 3.06 bits per heavy atom. The van der Waals surface area contributed by atoms with Crippen LogP contribution < -0.4 is 0 Å². The molecule has 1 aliphatic rings. The summed E-state index contributed by atoms with van der Waals surface area (Å²) in [6.45, 7) is 4.61. The highest BCUT2D eigenvalue weighted by atomic mass is 16.2. The van der Waals surface area contributed by atoms with Gasteiger partial charge in [-0.3, -0.25) is 9.88 Å². The molecule has 0 radical (unpaired) electrons. The molecular weight excluding hydrogens is 212 g/mol. The third-order valence-corrected chi connectivity index (χ3v) is 3.47. The molecule has 0 aromatic carbocycles. The van der Waals surface area contributed by atoms with Crippen LogP contribution in [-0.2, 0) is 0 Å². The zero-order valence-corrected chi connectivity index (χ0v) is 10.6. The molecule has 1 N–H and O–H groups in total. The first kappa shape index (κ1) is 12.5. The number of aromatic nitrogens is 1. The van der Waals surface area contributed by atoms with Crippen LogP contribution in [0.25, 0.3) is 0 Å². The van der Waals surface area contributed by atoms with E-state index in [-0.39, 0.29) is 0 Å². The number of pyridine rings is 1. The Morgan fingerprint density at radius 2 is 2.29 bits per heavy atom. The van der Waals surface area contributed by atoms with Crippen molar-refractivity contribution in [1.82, 2.24) is 9.88 Å².